The lowest BCUT2D eigenvalue weighted by molar-refractivity contribution is -0.0593. The van der Waals surface area contributed by atoms with Crippen LogP contribution in [-0.2, 0) is 22.6 Å². The zero-order valence-corrected chi connectivity index (χ0v) is 24.3. The summed E-state index contributed by atoms with van der Waals surface area (Å²) < 4.78 is 25.4. The van der Waals surface area contributed by atoms with Crippen LogP contribution >= 0.6 is 11.6 Å². The number of rotatable bonds is 7. The van der Waals surface area contributed by atoms with Crippen LogP contribution < -0.4 is 9.47 Å². The zero-order valence-electron chi connectivity index (χ0n) is 23.5. The van der Waals surface area contributed by atoms with Crippen LogP contribution in [0, 0.1) is 0 Å². The van der Waals surface area contributed by atoms with Crippen molar-refractivity contribution in [1.29, 1.82) is 0 Å². The topological polar surface area (TPSA) is 87.9 Å². The second-order valence-corrected chi connectivity index (χ2v) is 11.6. The van der Waals surface area contributed by atoms with E-state index in [1.165, 1.54) is 12.7 Å². The van der Waals surface area contributed by atoms with Gasteiger partial charge in [0.25, 0.3) is 0 Å². The number of methoxy groups -OCH3 is 1. The van der Waals surface area contributed by atoms with Gasteiger partial charge in [-0.2, -0.15) is 0 Å². The van der Waals surface area contributed by atoms with E-state index in [0.29, 0.717) is 36.3 Å². The first-order chi connectivity index (χ1) is 20.6. The molecule has 2 saturated heterocycles. The second-order valence-electron chi connectivity index (χ2n) is 11.1. The fourth-order valence-corrected chi connectivity index (χ4v) is 6.23. The van der Waals surface area contributed by atoms with Crippen LogP contribution in [0.1, 0.15) is 58.7 Å². The molecule has 2 aromatic heterocycles. The Morgan fingerprint density at radius 1 is 1.05 bits per heavy atom. The summed E-state index contributed by atoms with van der Waals surface area (Å²) in [6, 6.07) is 17.5. The second kappa shape index (κ2) is 11.6. The van der Waals surface area contributed by atoms with Crippen LogP contribution in [0.25, 0.3) is 11.2 Å². The van der Waals surface area contributed by atoms with Crippen LogP contribution in [0.5, 0.6) is 11.5 Å². The molecule has 2 fully saturated rings. The number of hydrogen-bond donors (Lipinski definition) is 0. The summed E-state index contributed by atoms with van der Waals surface area (Å²) in [5.74, 6) is 2.54. The molecule has 3 aliphatic heterocycles. The summed E-state index contributed by atoms with van der Waals surface area (Å²) in [6.45, 7) is 4.50. The van der Waals surface area contributed by atoms with E-state index in [4.69, 9.17) is 35.5 Å². The number of benzene rings is 2. The average Bonchev–Trinajstić information content (AvgIpc) is 3.34. The predicted octanol–water partition coefficient (Wildman–Crippen LogP) is 5.55. The molecule has 3 aliphatic rings. The van der Waals surface area contributed by atoms with E-state index < -0.39 is 5.97 Å². The first-order valence-electron chi connectivity index (χ1n) is 14.5. The van der Waals surface area contributed by atoms with Gasteiger partial charge in [-0.15, -0.1) is 0 Å². The highest BCUT2D eigenvalue weighted by molar-refractivity contribution is 6.30. The maximum atomic E-state index is 12.1. The van der Waals surface area contributed by atoms with E-state index in [0.717, 1.165) is 67.4 Å². The molecule has 0 amide bonds. The fourth-order valence-electron chi connectivity index (χ4n) is 6.10. The maximum Gasteiger partial charge on any atom is 0.356 e. The van der Waals surface area contributed by atoms with Crippen molar-refractivity contribution in [2.24, 2.45) is 0 Å². The molecule has 2 aromatic carbocycles. The Balaban J connectivity index is 1.05. The first kappa shape index (κ1) is 27.2. The Kier molecular flexibility index (Phi) is 7.48. The Morgan fingerprint density at radius 3 is 2.60 bits per heavy atom. The molecule has 0 aliphatic carbocycles. The van der Waals surface area contributed by atoms with Crippen molar-refractivity contribution in [1.82, 2.24) is 19.4 Å². The van der Waals surface area contributed by atoms with Gasteiger partial charge < -0.3 is 23.5 Å². The number of nitrogens with zero attached hydrogens (tertiary/aromatic N) is 4. The molecule has 0 bridgehead atoms. The average molecular weight is 589 g/mol. The third-order valence-corrected chi connectivity index (χ3v) is 8.79. The van der Waals surface area contributed by atoms with Crippen molar-refractivity contribution in [3.05, 3.63) is 82.3 Å². The number of imidazole rings is 1. The van der Waals surface area contributed by atoms with Gasteiger partial charge in [0, 0.05) is 17.2 Å². The quantitative estimate of drug-likeness (QED) is 0.260. The van der Waals surface area contributed by atoms with Crippen LogP contribution in [-0.4, -0.2) is 64.9 Å². The Bertz CT molecular complexity index is 1590. The molecule has 5 heterocycles. The van der Waals surface area contributed by atoms with Gasteiger partial charge in [0.15, 0.2) is 28.9 Å². The van der Waals surface area contributed by atoms with Gasteiger partial charge >= 0.3 is 5.97 Å². The number of carbonyl (C=O) groups excluding carboxylic acids is 1. The van der Waals surface area contributed by atoms with E-state index in [1.807, 2.05) is 36.4 Å². The maximum absolute atomic E-state index is 12.1. The van der Waals surface area contributed by atoms with Gasteiger partial charge in [-0.05, 0) is 74.2 Å². The number of hydrogen-bond acceptors (Lipinski definition) is 8. The van der Waals surface area contributed by atoms with Crippen LogP contribution in [0.2, 0.25) is 5.02 Å². The number of carbonyl (C=O) groups is 1. The van der Waals surface area contributed by atoms with E-state index >= 15 is 0 Å². The summed E-state index contributed by atoms with van der Waals surface area (Å²) in [6.07, 6.45) is 3.01. The summed E-state index contributed by atoms with van der Waals surface area (Å²) >= 11 is 6.07. The highest BCUT2D eigenvalue weighted by atomic mass is 35.5. The minimum Gasteiger partial charge on any atom is -0.485 e. The van der Waals surface area contributed by atoms with Crippen molar-refractivity contribution in [2.75, 3.05) is 33.4 Å². The van der Waals surface area contributed by atoms with E-state index in [2.05, 4.69) is 26.6 Å². The molecule has 42 heavy (non-hydrogen) atoms. The Morgan fingerprint density at radius 2 is 1.86 bits per heavy atom. The summed E-state index contributed by atoms with van der Waals surface area (Å²) in [7, 11) is 1.37. The van der Waals surface area contributed by atoms with Gasteiger partial charge in [0.2, 0.25) is 0 Å². The lowest BCUT2D eigenvalue weighted by Gasteiger charge is -2.35. The minimum atomic E-state index is -0.453. The third-order valence-electron chi connectivity index (χ3n) is 8.54. The monoisotopic (exact) mass is 588 g/mol. The Hall–Kier alpha value is -3.66. The Labute approximate surface area is 249 Å². The normalized spacial score (nSPS) is 20.8. The molecule has 4 aromatic rings. The standard InChI is InChI=1S/C32H33ClN4O5/c1-39-32(38)26-10-9-25-31(35-26)37(17-23-13-16-40-23)29(34-25)18-36-14-11-20(12-15-36)24-3-2-4-27-30(24)41-19-28(42-27)21-5-7-22(33)8-6-21/h2-10,20,23,28H,11-19H2,1H3/t23-,28+/m0/s1. The number of fused-ring (bicyclic) bond motifs is 2. The molecule has 2 atom stereocenters. The van der Waals surface area contributed by atoms with Crippen molar-refractivity contribution < 1.29 is 23.7 Å². The molecule has 0 saturated carbocycles. The molecule has 0 N–H and O–H groups in total. The number of esters is 1. The zero-order chi connectivity index (χ0) is 28.6. The SMILES string of the molecule is COC(=O)c1ccc2nc(CN3CCC(c4cccc5c4OC[C@H](c4ccc(Cl)cc4)O5)CC3)n(C[C@@H]3CCO3)c2n1. The van der Waals surface area contributed by atoms with E-state index in [9.17, 15) is 4.79 Å². The lowest BCUT2D eigenvalue weighted by Crippen LogP contribution is -2.35. The molecule has 7 rings (SSSR count). The summed E-state index contributed by atoms with van der Waals surface area (Å²) in [5, 5.41) is 0.707. The van der Waals surface area contributed by atoms with Gasteiger partial charge in [-0.1, -0.05) is 35.9 Å². The van der Waals surface area contributed by atoms with Gasteiger partial charge in [-0.25, -0.2) is 14.8 Å². The van der Waals surface area contributed by atoms with Gasteiger partial charge in [0.1, 0.15) is 17.9 Å². The predicted molar refractivity (Wildman–Crippen MR) is 157 cm³/mol. The molecule has 0 unspecified atom stereocenters. The van der Waals surface area contributed by atoms with Crippen molar-refractivity contribution in [3.63, 3.8) is 0 Å². The van der Waals surface area contributed by atoms with Crippen molar-refractivity contribution >= 4 is 28.7 Å². The smallest absolute Gasteiger partial charge is 0.356 e. The van der Waals surface area contributed by atoms with E-state index in [1.54, 1.807) is 6.07 Å². The fraction of sp³-hybridized carbons (Fsp3) is 0.406. The minimum absolute atomic E-state index is 0.140. The third kappa shape index (κ3) is 5.32. The molecule has 10 heteroatoms. The highest BCUT2D eigenvalue weighted by Crippen LogP contribution is 2.44. The largest absolute Gasteiger partial charge is 0.485 e. The van der Waals surface area contributed by atoms with Crippen LogP contribution in [0.15, 0.2) is 54.6 Å². The molecular weight excluding hydrogens is 556 g/mol. The number of piperidine rings is 1. The lowest BCUT2D eigenvalue weighted by atomic mass is 9.88. The van der Waals surface area contributed by atoms with Gasteiger partial charge in [-0.3, -0.25) is 4.90 Å². The first-order valence-corrected chi connectivity index (χ1v) is 14.9. The molecule has 0 spiro atoms. The number of likely N-dealkylation sites (tertiary alicyclic amines) is 1. The number of halogens is 1. The molecule has 9 nitrogen and oxygen atoms in total. The van der Waals surface area contributed by atoms with Gasteiger partial charge in [0.05, 0.1) is 26.3 Å². The van der Waals surface area contributed by atoms with Crippen LogP contribution in [0.3, 0.4) is 0 Å². The van der Waals surface area contributed by atoms with Crippen molar-refractivity contribution in [2.45, 2.75) is 50.5 Å². The molecule has 0 radical (unpaired) electrons. The van der Waals surface area contributed by atoms with E-state index in [-0.39, 0.29) is 17.9 Å². The number of pyridine rings is 1. The number of para-hydroxylation sites is 1. The summed E-state index contributed by atoms with van der Waals surface area (Å²) in [5.41, 5.74) is 4.02. The highest BCUT2D eigenvalue weighted by Gasteiger charge is 2.30. The summed E-state index contributed by atoms with van der Waals surface area (Å²) in [4.78, 5) is 24.1. The number of ether oxygens (including phenoxy) is 4. The molecular formula is C32H33ClN4O5. The molecule has 218 valence electrons. The number of aromatic nitrogens is 3. The van der Waals surface area contributed by atoms with Crippen molar-refractivity contribution in [3.8, 4) is 11.5 Å². The van der Waals surface area contributed by atoms with Crippen LogP contribution in [0.4, 0.5) is 0 Å².